The van der Waals surface area contributed by atoms with E-state index in [4.69, 9.17) is 23.7 Å². The van der Waals surface area contributed by atoms with Crippen LogP contribution >= 0.6 is 0 Å². The van der Waals surface area contributed by atoms with Crippen LogP contribution in [-0.4, -0.2) is 89.2 Å². The molecule has 1 fully saturated rings. The highest BCUT2D eigenvalue weighted by molar-refractivity contribution is 5.74. The third-order valence-corrected chi connectivity index (χ3v) is 11.8. The first-order chi connectivity index (χ1) is 35.6. The van der Waals surface area contributed by atoms with E-state index in [1.165, 1.54) is 25.7 Å². The first-order valence-electron chi connectivity index (χ1n) is 27.9. The van der Waals surface area contributed by atoms with E-state index in [2.05, 4.69) is 130 Å². The number of esters is 3. The van der Waals surface area contributed by atoms with Crippen LogP contribution in [0, 0.1) is 0 Å². The zero-order valence-corrected chi connectivity index (χ0v) is 45.1. The van der Waals surface area contributed by atoms with Gasteiger partial charge < -0.3 is 39.0 Å². The van der Waals surface area contributed by atoms with Gasteiger partial charge in [-0.05, 0) is 103 Å². The second-order valence-electron chi connectivity index (χ2n) is 18.5. The fourth-order valence-electron chi connectivity index (χ4n) is 7.62. The average molecular weight is 1020 g/mol. The van der Waals surface area contributed by atoms with Crippen LogP contribution in [0.2, 0.25) is 0 Å². The van der Waals surface area contributed by atoms with Gasteiger partial charge in [-0.25, -0.2) is 4.79 Å². The zero-order valence-electron chi connectivity index (χ0n) is 45.1. The van der Waals surface area contributed by atoms with Crippen molar-refractivity contribution < 1.29 is 58.2 Å². The van der Waals surface area contributed by atoms with Crippen molar-refractivity contribution in [2.24, 2.45) is 0 Å². The molecule has 1 saturated heterocycles. The largest absolute Gasteiger partial charge is 0.479 e. The molecule has 6 unspecified atom stereocenters. The normalized spacial score (nSPS) is 19.2. The number of allylic oxidation sites excluding steroid dienone is 18. The second-order valence-corrected chi connectivity index (χ2v) is 18.5. The average Bonchev–Trinajstić information content (AvgIpc) is 3.37. The minimum atomic E-state index is -1.92. The summed E-state index contributed by atoms with van der Waals surface area (Å²) in [6.07, 6.45) is 52.3. The minimum absolute atomic E-state index is 0.0477. The van der Waals surface area contributed by atoms with Crippen LogP contribution in [0.5, 0.6) is 0 Å². The Morgan fingerprint density at radius 1 is 0.466 bits per heavy atom. The number of carboxylic acids is 1. The maximum Gasteiger partial charge on any atom is 0.335 e. The Kier molecular flexibility index (Phi) is 44.0. The number of aliphatic carboxylic acids is 1. The lowest BCUT2D eigenvalue weighted by Gasteiger charge is -2.40. The zero-order chi connectivity index (χ0) is 53.3. The summed E-state index contributed by atoms with van der Waals surface area (Å²) in [5.74, 6) is -3.24. The van der Waals surface area contributed by atoms with Crippen LogP contribution in [0.4, 0.5) is 0 Å². The van der Waals surface area contributed by atoms with Crippen LogP contribution in [0.1, 0.15) is 201 Å². The lowest BCUT2D eigenvalue weighted by atomic mass is 9.98. The summed E-state index contributed by atoms with van der Waals surface area (Å²) in [6, 6.07) is 0. The molecule has 0 aromatic heterocycles. The molecule has 0 amide bonds. The van der Waals surface area contributed by atoms with Crippen molar-refractivity contribution in [3.63, 3.8) is 0 Å². The van der Waals surface area contributed by atoms with E-state index in [1.807, 2.05) is 0 Å². The molecule has 0 spiro atoms. The first kappa shape index (κ1) is 66.4. The fourth-order valence-corrected chi connectivity index (χ4v) is 7.62. The molecule has 3 N–H and O–H groups in total. The molecular weight excluding hydrogens is 925 g/mol. The topological polar surface area (TPSA) is 175 Å². The third kappa shape index (κ3) is 38.6. The van der Waals surface area contributed by atoms with Crippen LogP contribution in [0.15, 0.2) is 109 Å². The van der Waals surface area contributed by atoms with E-state index in [0.29, 0.717) is 19.3 Å². The Labute approximate surface area is 440 Å². The van der Waals surface area contributed by atoms with Crippen molar-refractivity contribution in [3.8, 4) is 0 Å². The van der Waals surface area contributed by atoms with Crippen molar-refractivity contribution in [3.05, 3.63) is 109 Å². The molecule has 1 aliphatic rings. The van der Waals surface area contributed by atoms with Crippen molar-refractivity contribution >= 4 is 23.9 Å². The van der Waals surface area contributed by atoms with Crippen molar-refractivity contribution in [2.75, 3.05) is 13.2 Å². The molecule has 0 saturated carbocycles. The summed E-state index contributed by atoms with van der Waals surface area (Å²) in [5, 5.41) is 31.3. The molecule has 0 aromatic rings. The van der Waals surface area contributed by atoms with Crippen molar-refractivity contribution in [1.29, 1.82) is 0 Å². The number of hydrogen-bond acceptors (Lipinski definition) is 11. The van der Waals surface area contributed by atoms with Crippen molar-refractivity contribution in [1.82, 2.24) is 0 Å². The minimum Gasteiger partial charge on any atom is -0.479 e. The molecule has 6 atom stereocenters. The molecule has 0 bridgehead atoms. The van der Waals surface area contributed by atoms with Crippen LogP contribution in [0.25, 0.3) is 0 Å². The number of carboxylic acid groups (broad SMARTS) is 1. The van der Waals surface area contributed by atoms with Gasteiger partial charge in [-0.1, -0.05) is 188 Å². The van der Waals surface area contributed by atoms with E-state index < -0.39 is 67.3 Å². The Morgan fingerprint density at radius 2 is 0.863 bits per heavy atom. The Hall–Kier alpha value is -4.62. The van der Waals surface area contributed by atoms with Gasteiger partial charge in [-0.3, -0.25) is 14.4 Å². The maximum absolute atomic E-state index is 13.1. The number of unbranched alkanes of at least 4 members (excludes halogenated alkanes) is 13. The predicted molar refractivity (Wildman–Crippen MR) is 294 cm³/mol. The smallest absolute Gasteiger partial charge is 0.335 e. The lowest BCUT2D eigenvalue weighted by molar-refractivity contribution is -0.301. The monoisotopic (exact) mass is 1020 g/mol. The van der Waals surface area contributed by atoms with E-state index in [1.54, 1.807) is 0 Å². The molecule has 0 aliphatic carbocycles. The number of hydrogen-bond donors (Lipinski definition) is 3. The number of aliphatic hydroxyl groups excluding tert-OH is 2. The van der Waals surface area contributed by atoms with E-state index in [9.17, 15) is 34.5 Å². The Morgan fingerprint density at radius 3 is 1.34 bits per heavy atom. The molecule has 0 aromatic carbocycles. The summed E-state index contributed by atoms with van der Waals surface area (Å²) in [5.41, 5.74) is 0. The maximum atomic E-state index is 13.1. The predicted octanol–water partition coefficient (Wildman–Crippen LogP) is 13.9. The van der Waals surface area contributed by atoms with Crippen LogP contribution in [-0.2, 0) is 42.9 Å². The molecule has 1 rings (SSSR count). The highest BCUT2D eigenvalue weighted by Crippen LogP contribution is 2.26. The van der Waals surface area contributed by atoms with Gasteiger partial charge in [-0.2, -0.15) is 0 Å². The molecule has 73 heavy (non-hydrogen) atoms. The van der Waals surface area contributed by atoms with Gasteiger partial charge in [0.15, 0.2) is 24.6 Å². The highest BCUT2D eigenvalue weighted by Gasteiger charge is 2.50. The third-order valence-electron chi connectivity index (χ3n) is 11.8. The van der Waals surface area contributed by atoms with Crippen molar-refractivity contribution in [2.45, 2.75) is 237 Å². The van der Waals surface area contributed by atoms with Gasteiger partial charge in [0.05, 0.1) is 6.61 Å². The van der Waals surface area contributed by atoms with Gasteiger partial charge >= 0.3 is 23.9 Å². The second kappa shape index (κ2) is 48.3. The van der Waals surface area contributed by atoms with Gasteiger partial charge in [0, 0.05) is 19.3 Å². The number of carbonyl (C=O) groups excluding carboxylic acids is 3. The number of carbonyl (C=O) groups is 4. The van der Waals surface area contributed by atoms with E-state index in [0.717, 1.165) is 116 Å². The molecule has 1 heterocycles. The van der Waals surface area contributed by atoms with Crippen LogP contribution < -0.4 is 0 Å². The SMILES string of the molecule is CC/C=C\C/C=C\C/C=C\C/C=C\C/C=C\CCCCCC(=O)OCC(COC1OC(C(=O)O)C(O)C(O)C1OC(=O)CCCCCCCCCCC)OC(=O)CCCC/C=C\C/C=C\C/C=C\C/C=C\CC. The fraction of sp³-hybridized carbons (Fsp3) is 0.639. The molecule has 12 heteroatoms. The van der Waals surface area contributed by atoms with Gasteiger partial charge in [0.25, 0.3) is 0 Å². The summed E-state index contributed by atoms with van der Waals surface area (Å²) in [4.78, 5) is 50.9. The standard InChI is InChI=1S/C61H96O12/c1-4-7-10-13-16-19-21-23-25-26-27-28-30-31-33-36-38-41-44-47-53(62)69-50-52(71-54(63)48-45-42-40-37-34-32-29-24-22-20-17-14-11-8-5-2)51-70-61-59(57(66)56(65)58(73-61)60(67)68)72-55(64)49-46-43-39-35-18-15-12-9-6-3/h7-8,10-11,16-17,19-20,23-25,27-29,31,33-34,37,52,56-59,61,65-66H,4-6,9,12-15,18,21-22,26,30,32,35-36,38-51H2,1-3H3,(H,67,68)/b10-7-,11-8-,19-16-,20-17-,25-23-,28-27-,29-24-,33-31-,37-34-. The number of aliphatic hydroxyl groups is 2. The molecular formula is C61H96O12. The quantitative estimate of drug-likeness (QED) is 0.0228. The molecule has 0 radical (unpaired) electrons. The van der Waals surface area contributed by atoms with Gasteiger partial charge in [-0.15, -0.1) is 0 Å². The van der Waals surface area contributed by atoms with Crippen LogP contribution in [0.3, 0.4) is 0 Å². The molecule has 12 nitrogen and oxygen atoms in total. The van der Waals surface area contributed by atoms with Gasteiger partial charge in [0.1, 0.15) is 18.8 Å². The summed E-state index contributed by atoms with van der Waals surface area (Å²) in [6.45, 7) is 5.64. The van der Waals surface area contributed by atoms with E-state index in [-0.39, 0.29) is 25.9 Å². The highest BCUT2D eigenvalue weighted by atomic mass is 16.7. The number of ether oxygens (including phenoxy) is 5. The molecule has 412 valence electrons. The Balaban J connectivity index is 2.75. The first-order valence-corrected chi connectivity index (χ1v) is 27.9. The lowest BCUT2D eigenvalue weighted by Crippen LogP contribution is -2.61. The van der Waals surface area contributed by atoms with E-state index >= 15 is 0 Å². The van der Waals surface area contributed by atoms with Gasteiger partial charge in [0.2, 0.25) is 0 Å². The number of rotatable bonds is 45. The summed E-state index contributed by atoms with van der Waals surface area (Å²) >= 11 is 0. The summed E-state index contributed by atoms with van der Waals surface area (Å²) < 4.78 is 28.2. The Bertz CT molecular complexity index is 1690. The molecule has 1 aliphatic heterocycles. The summed E-state index contributed by atoms with van der Waals surface area (Å²) in [7, 11) is 0.